The van der Waals surface area contributed by atoms with Gasteiger partial charge in [0.1, 0.15) is 4.90 Å². The molecule has 0 saturated heterocycles. The number of benzene rings is 1. The third-order valence-corrected chi connectivity index (χ3v) is 6.95. The molecular weight excluding hydrogens is 362 g/mol. The number of fused-ring (bicyclic) bond motifs is 2. The van der Waals surface area contributed by atoms with Crippen LogP contribution in [0, 0.1) is 6.92 Å². The molecular formula is C20H23N3O3S. The van der Waals surface area contributed by atoms with Crippen molar-refractivity contribution < 1.29 is 13.2 Å². The maximum absolute atomic E-state index is 12.8. The van der Waals surface area contributed by atoms with Gasteiger partial charge < -0.3 is 5.32 Å². The SMILES string of the molecule is CCCc1cc(NS(=O)(=O)c2ccc(C)nc2)cc2c1NC(=O)C21CCC1. The van der Waals surface area contributed by atoms with Crippen LogP contribution in [0.25, 0.3) is 0 Å². The Hall–Kier alpha value is -2.41. The molecule has 1 amide bonds. The second-order valence-corrected chi connectivity index (χ2v) is 9.12. The zero-order valence-corrected chi connectivity index (χ0v) is 16.3. The van der Waals surface area contributed by atoms with Crippen molar-refractivity contribution in [2.24, 2.45) is 0 Å². The number of carbonyl (C=O) groups excluding carboxylic acids is 1. The molecule has 1 spiro atoms. The molecule has 1 aromatic carbocycles. The van der Waals surface area contributed by atoms with E-state index in [0.29, 0.717) is 5.69 Å². The number of anilines is 2. The topological polar surface area (TPSA) is 88.2 Å². The van der Waals surface area contributed by atoms with Gasteiger partial charge in [-0.3, -0.25) is 14.5 Å². The van der Waals surface area contributed by atoms with Crippen LogP contribution in [0.1, 0.15) is 49.4 Å². The van der Waals surface area contributed by atoms with Crippen molar-refractivity contribution in [1.82, 2.24) is 4.98 Å². The number of aromatic nitrogens is 1. The van der Waals surface area contributed by atoms with Crippen molar-refractivity contribution >= 4 is 27.3 Å². The number of carbonyl (C=O) groups is 1. The van der Waals surface area contributed by atoms with E-state index in [1.165, 1.54) is 6.20 Å². The van der Waals surface area contributed by atoms with Gasteiger partial charge in [0, 0.05) is 23.3 Å². The van der Waals surface area contributed by atoms with Gasteiger partial charge in [-0.05, 0) is 61.6 Å². The minimum Gasteiger partial charge on any atom is -0.325 e. The first-order valence-corrected chi connectivity index (χ1v) is 10.8. The molecule has 1 aliphatic heterocycles. The van der Waals surface area contributed by atoms with Crippen LogP contribution < -0.4 is 10.0 Å². The summed E-state index contributed by atoms with van der Waals surface area (Å²) in [5.74, 6) is 0.0452. The van der Waals surface area contributed by atoms with Gasteiger partial charge in [0.25, 0.3) is 10.0 Å². The highest BCUT2D eigenvalue weighted by molar-refractivity contribution is 7.92. The molecule has 2 aliphatic rings. The summed E-state index contributed by atoms with van der Waals surface area (Å²) in [5, 5.41) is 3.05. The van der Waals surface area contributed by atoms with E-state index in [4.69, 9.17) is 0 Å². The Morgan fingerprint density at radius 2 is 2.04 bits per heavy atom. The lowest BCUT2D eigenvalue weighted by atomic mass is 9.65. The molecule has 0 bridgehead atoms. The molecule has 1 aromatic heterocycles. The van der Waals surface area contributed by atoms with Crippen molar-refractivity contribution in [3.8, 4) is 0 Å². The number of aryl methyl sites for hydroxylation is 2. The van der Waals surface area contributed by atoms with Crippen LogP contribution in [0.3, 0.4) is 0 Å². The summed E-state index contributed by atoms with van der Waals surface area (Å²) in [5.41, 5.74) is 3.57. The first-order valence-electron chi connectivity index (χ1n) is 9.30. The summed E-state index contributed by atoms with van der Waals surface area (Å²) in [6.07, 6.45) is 5.69. The number of sulfonamides is 1. The van der Waals surface area contributed by atoms with Gasteiger partial charge in [-0.1, -0.05) is 19.8 Å². The smallest absolute Gasteiger partial charge is 0.263 e. The van der Waals surface area contributed by atoms with Gasteiger partial charge in [-0.2, -0.15) is 0 Å². The third kappa shape index (κ3) is 2.90. The largest absolute Gasteiger partial charge is 0.325 e. The lowest BCUT2D eigenvalue weighted by Crippen LogP contribution is -2.40. The van der Waals surface area contributed by atoms with Gasteiger partial charge in [-0.25, -0.2) is 8.42 Å². The fraction of sp³-hybridized carbons (Fsp3) is 0.400. The molecule has 0 radical (unpaired) electrons. The van der Waals surface area contributed by atoms with Crippen LogP contribution in [-0.4, -0.2) is 19.3 Å². The summed E-state index contributed by atoms with van der Waals surface area (Å²) in [7, 11) is -3.74. The van der Waals surface area contributed by atoms with Gasteiger partial charge in [-0.15, -0.1) is 0 Å². The Morgan fingerprint density at radius 3 is 2.63 bits per heavy atom. The maximum Gasteiger partial charge on any atom is 0.263 e. The van der Waals surface area contributed by atoms with E-state index >= 15 is 0 Å². The number of hydrogen-bond acceptors (Lipinski definition) is 4. The van der Waals surface area contributed by atoms with Gasteiger partial charge in [0.2, 0.25) is 5.91 Å². The first kappa shape index (κ1) is 18.0. The van der Waals surface area contributed by atoms with E-state index in [9.17, 15) is 13.2 Å². The van der Waals surface area contributed by atoms with Crippen LogP contribution in [0.15, 0.2) is 35.4 Å². The minimum absolute atomic E-state index is 0.0452. The molecule has 1 saturated carbocycles. The van der Waals surface area contributed by atoms with Crippen LogP contribution in [0.2, 0.25) is 0 Å². The molecule has 4 rings (SSSR count). The predicted octanol–water partition coefficient (Wildman–Crippen LogP) is 3.52. The van der Waals surface area contributed by atoms with Crippen LogP contribution in [-0.2, 0) is 26.7 Å². The number of pyridine rings is 1. The molecule has 1 aliphatic carbocycles. The Labute approximate surface area is 159 Å². The monoisotopic (exact) mass is 385 g/mol. The van der Waals surface area contributed by atoms with Gasteiger partial charge in [0.05, 0.1) is 5.41 Å². The second-order valence-electron chi connectivity index (χ2n) is 7.44. The highest BCUT2D eigenvalue weighted by Gasteiger charge is 2.51. The van der Waals surface area contributed by atoms with E-state index in [-0.39, 0.29) is 10.8 Å². The summed E-state index contributed by atoms with van der Waals surface area (Å²) in [4.78, 5) is 16.8. The van der Waals surface area contributed by atoms with Gasteiger partial charge >= 0.3 is 0 Å². The van der Waals surface area contributed by atoms with Crippen molar-refractivity contribution in [1.29, 1.82) is 0 Å². The fourth-order valence-corrected chi connectivity index (χ4v) is 4.95. The Bertz CT molecular complexity index is 1010. The summed E-state index contributed by atoms with van der Waals surface area (Å²) < 4.78 is 28.2. The maximum atomic E-state index is 12.8. The Morgan fingerprint density at radius 1 is 1.26 bits per heavy atom. The molecule has 2 N–H and O–H groups in total. The fourth-order valence-electron chi connectivity index (χ4n) is 3.96. The van der Waals surface area contributed by atoms with Crippen LogP contribution >= 0.6 is 0 Å². The number of rotatable bonds is 5. The highest BCUT2D eigenvalue weighted by atomic mass is 32.2. The molecule has 2 heterocycles. The molecule has 7 heteroatoms. The summed E-state index contributed by atoms with van der Waals surface area (Å²) in [6.45, 7) is 3.88. The van der Waals surface area contributed by atoms with E-state index in [1.807, 2.05) is 19.1 Å². The van der Waals surface area contributed by atoms with E-state index in [2.05, 4.69) is 21.9 Å². The molecule has 1 fully saturated rings. The Kier molecular flexibility index (Phi) is 4.22. The van der Waals surface area contributed by atoms with Gasteiger partial charge in [0.15, 0.2) is 0 Å². The lowest BCUT2D eigenvalue weighted by Gasteiger charge is -2.36. The van der Waals surface area contributed by atoms with Crippen LogP contribution in [0.5, 0.6) is 0 Å². The van der Waals surface area contributed by atoms with Crippen molar-refractivity contribution in [2.45, 2.75) is 56.3 Å². The van der Waals surface area contributed by atoms with E-state index in [0.717, 1.165) is 54.6 Å². The standard InChI is InChI=1S/C20H23N3O3S/c1-3-5-14-10-15(23-27(25,26)16-7-6-13(2)21-12-16)11-17-18(14)22-19(24)20(17)8-4-9-20/h6-7,10-12,23H,3-5,8-9H2,1-2H3,(H,22,24). The second kappa shape index (κ2) is 6.34. The zero-order valence-electron chi connectivity index (χ0n) is 15.5. The molecule has 0 unspecified atom stereocenters. The summed E-state index contributed by atoms with van der Waals surface area (Å²) in [6, 6.07) is 6.87. The van der Waals surface area contributed by atoms with E-state index in [1.54, 1.807) is 12.1 Å². The third-order valence-electron chi connectivity index (χ3n) is 5.58. The molecule has 0 atom stereocenters. The molecule has 2 aromatic rings. The predicted molar refractivity (Wildman–Crippen MR) is 104 cm³/mol. The molecule has 6 nitrogen and oxygen atoms in total. The van der Waals surface area contributed by atoms with Crippen LogP contribution in [0.4, 0.5) is 11.4 Å². The zero-order chi connectivity index (χ0) is 19.2. The normalized spacial score (nSPS) is 17.3. The van der Waals surface area contributed by atoms with Crippen molar-refractivity contribution in [3.63, 3.8) is 0 Å². The minimum atomic E-state index is -3.74. The Balaban J connectivity index is 1.75. The van der Waals surface area contributed by atoms with E-state index < -0.39 is 15.4 Å². The van der Waals surface area contributed by atoms with Crippen molar-refractivity contribution in [2.75, 3.05) is 10.0 Å². The quantitative estimate of drug-likeness (QED) is 0.824. The lowest BCUT2D eigenvalue weighted by molar-refractivity contribution is -0.123. The molecule has 142 valence electrons. The number of amides is 1. The molecule has 27 heavy (non-hydrogen) atoms. The number of nitrogens with one attached hydrogen (secondary N) is 2. The summed E-state index contributed by atoms with van der Waals surface area (Å²) >= 11 is 0. The average Bonchev–Trinajstić information content (AvgIpc) is 2.87. The highest BCUT2D eigenvalue weighted by Crippen LogP contribution is 2.53. The number of nitrogens with zero attached hydrogens (tertiary/aromatic N) is 1. The average molecular weight is 385 g/mol. The van der Waals surface area contributed by atoms with Crippen molar-refractivity contribution in [3.05, 3.63) is 47.3 Å². The number of hydrogen-bond donors (Lipinski definition) is 2. The first-order chi connectivity index (χ1) is 12.9.